The zero-order valence-corrected chi connectivity index (χ0v) is 4.98. The Morgan fingerprint density at radius 1 is 1.14 bits per heavy atom. The molecule has 0 saturated heterocycles. The van der Waals surface area contributed by atoms with Gasteiger partial charge in [-0.05, 0) is 12.8 Å². The molecule has 0 saturated carbocycles. The van der Waals surface area contributed by atoms with Gasteiger partial charge in [0.25, 0.3) is 0 Å². The van der Waals surface area contributed by atoms with Crippen molar-refractivity contribution in [1.29, 1.82) is 0 Å². The molecular weight excluding hydrogens is 79.0 g/mol. The summed E-state index contributed by atoms with van der Waals surface area (Å²) in [5, 5.41) is 0. The number of hydrogen-bond donors (Lipinski definition) is 0. The molecule has 0 atom stereocenters. The maximum Gasteiger partial charge on any atom is 1.00 e. The summed E-state index contributed by atoms with van der Waals surface area (Å²) in [5.41, 5.74) is 0. The minimum atomic E-state index is 0. The van der Waals surface area contributed by atoms with Crippen molar-refractivity contribution < 1.29 is 20.3 Å². The summed E-state index contributed by atoms with van der Waals surface area (Å²) >= 11 is 0. The topological polar surface area (TPSA) is 0 Å². The molecule has 0 spiro atoms. The third-order valence-electron chi connectivity index (χ3n) is 0.575. The van der Waals surface area contributed by atoms with E-state index in [1.165, 1.54) is 0 Å². The molecule has 0 aromatic heterocycles. The van der Waals surface area contributed by atoms with Gasteiger partial charge >= 0.3 is 18.9 Å². The van der Waals surface area contributed by atoms with Gasteiger partial charge in [0.05, 0.1) is 0 Å². The molecule has 0 fully saturated rings. The molecule has 0 bridgehead atoms. The van der Waals surface area contributed by atoms with Crippen LogP contribution in [0.15, 0.2) is 25.3 Å². The van der Waals surface area contributed by atoms with Crippen LogP contribution in [0.5, 0.6) is 0 Å². The average Bonchev–Trinajstić information content (AvgIpc) is 1.61. The second-order valence-corrected chi connectivity index (χ2v) is 1.15. The van der Waals surface area contributed by atoms with Gasteiger partial charge < -0.3 is 1.43 Å². The van der Waals surface area contributed by atoms with Gasteiger partial charge in [-0.3, -0.25) is 0 Å². The molecule has 0 N–H and O–H groups in total. The van der Waals surface area contributed by atoms with E-state index in [0.717, 1.165) is 12.8 Å². The normalized spacial score (nSPS) is 6.29. The molecule has 0 unspecified atom stereocenters. The van der Waals surface area contributed by atoms with Crippen molar-refractivity contribution in [2.75, 3.05) is 0 Å². The summed E-state index contributed by atoms with van der Waals surface area (Å²) in [7, 11) is 0. The maximum absolute atomic E-state index is 3.55. The van der Waals surface area contributed by atoms with Crippen LogP contribution in [0.25, 0.3) is 0 Å². The van der Waals surface area contributed by atoms with E-state index in [-0.39, 0.29) is 20.3 Å². The van der Waals surface area contributed by atoms with Crippen molar-refractivity contribution in [1.82, 2.24) is 0 Å². The summed E-state index contributed by atoms with van der Waals surface area (Å²) in [6.45, 7) is 7.10. The van der Waals surface area contributed by atoms with Crippen molar-refractivity contribution in [3.8, 4) is 0 Å². The Hall–Kier alpha value is 0.0774. The van der Waals surface area contributed by atoms with Gasteiger partial charge in [-0.25, -0.2) is 0 Å². The molecule has 0 nitrogen and oxygen atoms in total. The molecular formula is C6H11Li. The van der Waals surface area contributed by atoms with Gasteiger partial charge in [-0.2, -0.15) is 0 Å². The van der Waals surface area contributed by atoms with Crippen LogP contribution in [0, 0.1) is 0 Å². The Kier molecular flexibility index (Phi) is 13.7. The van der Waals surface area contributed by atoms with Crippen molar-refractivity contribution in [3.63, 3.8) is 0 Å². The van der Waals surface area contributed by atoms with Crippen LogP contribution < -0.4 is 18.9 Å². The fourth-order valence-electron chi connectivity index (χ4n) is 0.236. The summed E-state index contributed by atoms with van der Waals surface area (Å²) in [6, 6.07) is 0. The third-order valence-corrected chi connectivity index (χ3v) is 0.575. The number of rotatable bonds is 3. The Bertz CT molecular complexity index is 44.5. The maximum atomic E-state index is 3.55. The zero-order valence-electron chi connectivity index (χ0n) is 5.98. The van der Waals surface area contributed by atoms with Crippen LogP contribution in [-0.4, -0.2) is 0 Å². The van der Waals surface area contributed by atoms with Gasteiger partial charge in [0.1, 0.15) is 0 Å². The van der Waals surface area contributed by atoms with Crippen LogP contribution in [0.4, 0.5) is 0 Å². The van der Waals surface area contributed by atoms with E-state index < -0.39 is 0 Å². The van der Waals surface area contributed by atoms with Gasteiger partial charge in [0.2, 0.25) is 0 Å². The van der Waals surface area contributed by atoms with Gasteiger partial charge in [-0.15, -0.1) is 13.2 Å². The first kappa shape index (κ1) is 10.1. The minimum absolute atomic E-state index is 0. The summed E-state index contributed by atoms with van der Waals surface area (Å²) in [6.07, 6.45) is 5.90. The van der Waals surface area contributed by atoms with Crippen LogP contribution >= 0.6 is 0 Å². The van der Waals surface area contributed by atoms with E-state index in [0.29, 0.717) is 0 Å². The molecule has 36 valence electrons. The standard InChI is InChI=1S/C6H10.Li.H/c1-3-5-6-4-2;;/h3-4H,1-2,5-6H2;;/q;+1;-1. The van der Waals surface area contributed by atoms with E-state index in [4.69, 9.17) is 0 Å². The van der Waals surface area contributed by atoms with Gasteiger partial charge in [0, 0.05) is 0 Å². The van der Waals surface area contributed by atoms with E-state index in [9.17, 15) is 0 Å². The molecule has 0 aromatic rings. The fourth-order valence-corrected chi connectivity index (χ4v) is 0.236. The quantitative estimate of drug-likeness (QED) is 0.243. The smallest absolute Gasteiger partial charge is 1.00 e. The van der Waals surface area contributed by atoms with E-state index >= 15 is 0 Å². The van der Waals surface area contributed by atoms with Crippen molar-refractivity contribution >= 4 is 0 Å². The second-order valence-electron chi connectivity index (χ2n) is 1.15. The average molecular weight is 90.1 g/mol. The Morgan fingerprint density at radius 2 is 1.43 bits per heavy atom. The van der Waals surface area contributed by atoms with Crippen molar-refractivity contribution in [3.05, 3.63) is 25.3 Å². The summed E-state index contributed by atoms with van der Waals surface area (Å²) in [5.74, 6) is 0. The SMILES string of the molecule is C=CCCC=C.[H-].[Li+]. The van der Waals surface area contributed by atoms with Crippen LogP contribution in [-0.2, 0) is 0 Å². The Morgan fingerprint density at radius 3 is 1.57 bits per heavy atom. The first-order valence-electron chi connectivity index (χ1n) is 2.13. The van der Waals surface area contributed by atoms with Crippen molar-refractivity contribution in [2.24, 2.45) is 0 Å². The van der Waals surface area contributed by atoms with Crippen LogP contribution in [0.2, 0.25) is 0 Å². The molecule has 0 radical (unpaired) electrons. The first-order valence-corrected chi connectivity index (χ1v) is 2.13. The number of allylic oxidation sites excluding steroid dienone is 2. The summed E-state index contributed by atoms with van der Waals surface area (Å²) in [4.78, 5) is 0. The van der Waals surface area contributed by atoms with Crippen LogP contribution in [0.1, 0.15) is 14.3 Å². The van der Waals surface area contributed by atoms with Crippen molar-refractivity contribution in [2.45, 2.75) is 12.8 Å². The molecule has 7 heavy (non-hydrogen) atoms. The molecule has 0 amide bonds. The Balaban J connectivity index is -0.000000125. The van der Waals surface area contributed by atoms with Crippen LogP contribution in [0.3, 0.4) is 0 Å². The molecule has 0 rings (SSSR count). The molecule has 1 heteroatoms. The monoisotopic (exact) mass is 90.1 g/mol. The van der Waals surface area contributed by atoms with E-state index in [1.54, 1.807) is 0 Å². The minimum Gasteiger partial charge on any atom is -1.00 e. The number of hydrogen-bond acceptors (Lipinski definition) is 0. The molecule has 0 aliphatic rings. The summed E-state index contributed by atoms with van der Waals surface area (Å²) < 4.78 is 0. The predicted octanol–water partition coefficient (Wildman–Crippen LogP) is -0.745. The zero-order chi connectivity index (χ0) is 4.83. The predicted molar refractivity (Wildman–Crippen MR) is 30.7 cm³/mol. The van der Waals surface area contributed by atoms with E-state index in [2.05, 4.69) is 13.2 Å². The van der Waals surface area contributed by atoms with Gasteiger partial charge in [-0.1, -0.05) is 12.2 Å². The number of unbranched alkanes of at least 4 members (excludes halogenated alkanes) is 1. The molecule has 0 aromatic carbocycles. The van der Waals surface area contributed by atoms with Gasteiger partial charge in [0.15, 0.2) is 0 Å². The second kappa shape index (κ2) is 9.42. The first-order chi connectivity index (χ1) is 2.91. The third kappa shape index (κ3) is 10.7. The Labute approximate surface area is 59.0 Å². The largest absolute Gasteiger partial charge is 1.00 e. The molecule has 0 aliphatic carbocycles. The fraction of sp³-hybridized carbons (Fsp3) is 0.333. The molecule has 0 aliphatic heterocycles. The van der Waals surface area contributed by atoms with E-state index in [1.807, 2.05) is 12.2 Å². The molecule has 0 heterocycles.